The topological polar surface area (TPSA) is 63.3 Å². The number of aromatic nitrogens is 1. The molecule has 2 rings (SSSR count). The van der Waals surface area contributed by atoms with Crippen molar-refractivity contribution in [3.8, 4) is 0 Å². The van der Waals surface area contributed by atoms with Crippen LogP contribution in [0.2, 0.25) is 0 Å². The van der Waals surface area contributed by atoms with Crippen LogP contribution in [0.4, 0.5) is 13.2 Å². The first-order chi connectivity index (χ1) is 8.74. The van der Waals surface area contributed by atoms with E-state index in [2.05, 4.69) is 4.98 Å². The second-order valence-electron chi connectivity index (χ2n) is 5.12. The van der Waals surface area contributed by atoms with Gasteiger partial charge in [-0.25, -0.2) is 9.78 Å². The molecule has 19 heavy (non-hydrogen) atoms. The molecule has 0 saturated heterocycles. The van der Waals surface area contributed by atoms with Crippen LogP contribution >= 0.6 is 0 Å². The van der Waals surface area contributed by atoms with Crippen LogP contribution in [-0.4, -0.2) is 16.1 Å². The van der Waals surface area contributed by atoms with Gasteiger partial charge in [0.1, 0.15) is 0 Å². The standard InChI is InChI=1S/C12H14F3NO3/c1-11(5-3-2-4-6-11)10-16-8(12(13,14)15)7(19-10)9(17)18/h2-6H2,1H3,(H,17,18). The minimum atomic E-state index is -4.82. The molecule has 1 aliphatic rings. The van der Waals surface area contributed by atoms with Crippen LogP contribution in [0.25, 0.3) is 0 Å². The molecular formula is C12H14F3NO3. The van der Waals surface area contributed by atoms with Gasteiger partial charge in [0.2, 0.25) is 11.7 Å². The molecule has 1 heterocycles. The predicted molar refractivity (Wildman–Crippen MR) is 58.9 cm³/mol. The van der Waals surface area contributed by atoms with E-state index in [0.29, 0.717) is 12.8 Å². The van der Waals surface area contributed by atoms with Gasteiger partial charge in [-0.05, 0) is 12.8 Å². The maximum atomic E-state index is 12.7. The van der Waals surface area contributed by atoms with Gasteiger partial charge >= 0.3 is 12.1 Å². The molecule has 0 bridgehead atoms. The molecule has 1 N–H and O–H groups in total. The Balaban J connectivity index is 2.45. The van der Waals surface area contributed by atoms with E-state index in [9.17, 15) is 18.0 Å². The van der Waals surface area contributed by atoms with Gasteiger partial charge in [-0.2, -0.15) is 13.2 Å². The largest absolute Gasteiger partial charge is 0.475 e. The number of alkyl halides is 3. The van der Waals surface area contributed by atoms with Gasteiger partial charge in [0, 0.05) is 5.41 Å². The van der Waals surface area contributed by atoms with Crippen molar-refractivity contribution in [3.05, 3.63) is 17.3 Å². The summed E-state index contributed by atoms with van der Waals surface area (Å²) in [5.74, 6) is -2.98. The van der Waals surface area contributed by atoms with Gasteiger partial charge < -0.3 is 9.52 Å². The summed E-state index contributed by atoms with van der Waals surface area (Å²) in [6, 6.07) is 0. The van der Waals surface area contributed by atoms with Crippen molar-refractivity contribution in [3.63, 3.8) is 0 Å². The molecule has 0 atom stereocenters. The predicted octanol–water partition coefficient (Wildman–Crippen LogP) is 3.61. The number of oxazole rings is 1. The highest BCUT2D eigenvalue weighted by atomic mass is 19.4. The van der Waals surface area contributed by atoms with Crippen LogP contribution in [0.1, 0.15) is 61.2 Å². The number of rotatable bonds is 2. The molecule has 0 radical (unpaired) electrons. The highest BCUT2D eigenvalue weighted by Gasteiger charge is 2.44. The minimum Gasteiger partial charge on any atom is -0.475 e. The van der Waals surface area contributed by atoms with Crippen LogP contribution < -0.4 is 0 Å². The Hall–Kier alpha value is -1.53. The molecule has 0 unspecified atom stereocenters. The summed E-state index contributed by atoms with van der Waals surface area (Å²) in [6.07, 6.45) is -0.728. The Bertz CT molecular complexity index is 487. The van der Waals surface area contributed by atoms with Gasteiger partial charge in [0.15, 0.2) is 5.69 Å². The van der Waals surface area contributed by atoms with E-state index in [1.54, 1.807) is 6.92 Å². The van der Waals surface area contributed by atoms with Crippen molar-refractivity contribution in [2.24, 2.45) is 0 Å². The molecule has 0 spiro atoms. The zero-order valence-corrected chi connectivity index (χ0v) is 10.4. The molecular weight excluding hydrogens is 263 g/mol. The van der Waals surface area contributed by atoms with E-state index in [1.807, 2.05) is 0 Å². The Kier molecular flexibility index (Phi) is 3.32. The van der Waals surface area contributed by atoms with Gasteiger partial charge in [-0.1, -0.05) is 26.2 Å². The zero-order chi connectivity index (χ0) is 14.3. The average molecular weight is 277 g/mol. The Morgan fingerprint density at radius 3 is 2.32 bits per heavy atom. The summed E-state index contributed by atoms with van der Waals surface area (Å²) in [5, 5.41) is 8.79. The summed E-state index contributed by atoms with van der Waals surface area (Å²) in [5.41, 5.74) is -2.05. The monoisotopic (exact) mass is 277 g/mol. The second-order valence-corrected chi connectivity index (χ2v) is 5.12. The smallest absolute Gasteiger partial charge is 0.437 e. The third-order valence-electron chi connectivity index (χ3n) is 3.56. The number of hydrogen-bond donors (Lipinski definition) is 1. The molecule has 1 saturated carbocycles. The quantitative estimate of drug-likeness (QED) is 0.896. The van der Waals surface area contributed by atoms with Gasteiger partial charge in [0.05, 0.1) is 0 Å². The third kappa shape index (κ3) is 2.59. The Labute approximate surface area is 107 Å². The van der Waals surface area contributed by atoms with Gasteiger partial charge in [-0.3, -0.25) is 0 Å². The molecule has 1 fully saturated rings. The number of hydrogen-bond acceptors (Lipinski definition) is 3. The number of carboxylic acids is 1. The summed E-state index contributed by atoms with van der Waals surface area (Å²) in [6.45, 7) is 1.77. The number of aromatic carboxylic acids is 1. The van der Waals surface area contributed by atoms with Crippen molar-refractivity contribution < 1.29 is 27.5 Å². The maximum absolute atomic E-state index is 12.7. The molecule has 1 aliphatic carbocycles. The number of carbonyl (C=O) groups is 1. The summed E-state index contributed by atoms with van der Waals surface area (Å²) in [4.78, 5) is 14.3. The highest BCUT2D eigenvalue weighted by Crippen LogP contribution is 2.41. The van der Waals surface area contributed by atoms with Crippen LogP contribution in [-0.2, 0) is 11.6 Å². The van der Waals surface area contributed by atoms with E-state index in [4.69, 9.17) is 9.52 Å². The maximum Gasteiger partial charge on any atom is 0.437 e. The van der Waals surface area contributed by atoms with Crippen molar-refractivity contribution in [1.29, 1.82) is 0 Å². The number of nitrogens with zero attached hydrogens (tertiary/aromatic N) is 1. The molecule has 0 aliphatic heterocycles. The summed E-state index contributed by atoms with van der Waals surface area (Å²) < 4.78 is 43.1. The second kappa shape index (κ2) is 4.54. The fourth-order valence-electron chi connectivity index (χ4n) is 2.46. The molecule has 0 amide bonds. The first-order valence-corrected chi connectivity index (χ1v) is 6.06. The molecule has 1 aromatic rings. The van der Waals surface area contributed by atoms with E-state index in [1.165, 1.54) is 0 Å². The molecule has 1 aromatic heterocycles. The molecule has 4 nitrogen and oxygen atoms in total. The molecule has 0 aromatic carbocycles. The van der Waals surface area contributed by atoms with Gasteiger partial charge in [-0.15, -0.1) is 0 Å². The molecule has 7 heteroatoms. The lowest BCUT2D eigenvalue weighted by molar-refractivity contribution is -0.141. The summed E-state index contributed by atoms with van der Waals surface area (Å²) >= 11 is 0. The van der Waals surface area contributed by atoms with Crippen molar-refractivity contribution >= 4 is 5.97 Å². The zero-order valence-electron chi connectivity index (χ0n) is 10.4. The Morgan fingerprint density at radius 2 is 1.89 bits per heavy atom. The van der Waals surface area contributed by atoms with Crippen molar-refractivity contribution in [1.82, 2.24) is 4.98 Å². The van der Waals surface area contributed by atoms with E-state index in [-0.39, 0.29) is 5.89 Å². The SMILES string of the molecule is CC1(c2nc(C(F)(F)F)c(C(=O)O)o2)CCCCC1. The average Bonchev–Trinajstić information content (AvgIpc) is 2.75. The van der Waals surface area contributed by atoms with E-state index < -0.39 is 29.0 Å². The number of halogens is 3. The molecule has 106 valence electrons. The van der Waals surface area contributed by atoms with Crippen molar-refractivity contribution in [2.75, 3.05) is 0 Å². The lowest BCUT2D eigenvalue weighted by Crippen LogP contribution is -2.25. The Morgan fingerprint density at radius 1 is 1.32 bits per heavy atom. The first-order valence-electron chi connectivity index (χ1n) is 6.06. The van der Waals surface area contributed by atoms with Crippen LogP contribution in [0.15, 0.2) is 4.42 Å². The van der Waals surface area contributed by atoms with Crippen molar-refractivity contribution in [2.45, 2.75) is 50.6 Å². The first kappa shape index (κ1) is 13.9. The van der Waals surface area contributed by atoms with E-state index >= 15 is 0 Å². The van der Waals surface area contributed by atoms with Crippen LogP contribution in [0.3, 0.4) is 0 Å². The normalized spacial score (nSPS) is 19.4. The fourth-order valence-corrected chi connectivity index (χ4v) is 2.46. The van der Waals surface area contributed by atoms with Crippen LogP contribution in [0, 0.1) is 0 Å². The number of carboxylic acid groups (broad SMARTS) is 1. The minimum absolute atomic E-state index is 0.114. The van der Waals surface area contributed by atoms with E-state index in [0.717, 1.165) is 19.3 Å². The lowest BCUT2D eigenvalue weighted by Gasteiger charge is -2.30. The third-order valence-corrected chi connectivity index (χ3v) is 3.56. The fraction of sp³-hybridized carbons (Fsp3) is 0.667. The van der Waals surface area contributed by atoms with Gasteiger partial charge in [0.25, 0.3) is 0 Å². The summed E-state index contributed by atoms with van der Waals surface area (Å²) in [7, 11) is 0. The lowest BCUT2D eigenvalue weighted by atomic mass is 9.76. The highest BCUT2D eigenvalue weighted by molar-refractivity contribution is 5.85. The van der Waals surface area contributed by atoms with Crippen LogP contribution in [0.5, 0.6) is 0 Å².